The maximum atomic E-state index is 13.8. The van der Waals surface area contributed by atoms with Crippen molar-refractivity contribution in [2.75, 3.05) is 6.61 Å². The molecule has 0 spiro atoms. The number of carbonyl (C=O) groups is 2. The molecule has 164 valence electrons. The normalized spacial score (nSPS) is 23.5. The monoisotopic (exact) mass is 438 g/mol. The first kappa shape index (κ1) is 22.3. The number of alkyl halides is 3. The Morgan fingerprint density at radius 1 is 1.16 bits per heavy atom. The van der Waals surface area contributed by atoms with Gasteiger partial charge in [-0.15, -0.1) is 0 Å². The number of aliphatic hydroxyl groups is 1. The minimum Gasteiger partial charge on any atom is -0.490 e. The van der Waals surface area contributed by atoms with Crippen LogP contribution < -0.4 is 15.4 Å². The van der Waals surface area contributed by atoms with E-state index in [1.807, 2.05) is 0 Å². The van der Waals surface area contributed by atoms with Crippen LogP contribution in [-0.4, -0.2) is 35.4 Å². The lowest BCUT2D eigenvalue weighted by atomic mass is 9.77. The van der Waals surface area contributed by atoms with E-state index in [1.54, 1.807) is 0 Å². The molecule has 2 aromatic rings. The minimum atomic E-state index is -5.38. The van der Waals surface area contributed by atoms with Crippen molar-refractivity contribution in [2.45, 2.75) is 17.9 Å². The summed E-state index contributed by atoms with van der Waals surface area (Å²) in [6, 6.07) is 6.63. The number of hydrogen-bond donors (Lipinski definition) is 3. The van der Waals surface area contributed by atoms with Crippen LogP contribution >= 0.6 is 0 Å². The molecule has 1 fully saturated rings. The number of ketones is 1. The molecule has 1 aliphatic heterocycles. The van der Waals surface area contributed by atoms with E-state index in [4.69, 9.17) is 4.74 Å². The van der Waals surface area contributed by atoms with Crippen LogP contribution in [0.1, 0.15) is 22.0 Å². The highest BCUT2D eigenvalue weighted by Crippen LogP contribution is 2.44. The quantitative estimate of drug-likeness (QED) is 0.366. The summed E-state index contributed by atoms with van der Waals surface area (Å²) in [7, 11) is 0. The Hall–Kier alpha value is -3.40. The molecule has 1 aliphatic rings. The summed E-state index contributed by atoms with van der Waals surface area (Å²) in [6.45, 7) is 3.70. The highest BCUT2D eigenvalue weighted by Gasteiger charge is 2.66. The summed E-state index contributed by atoms with van der Waals surface area (Å²) in [5, 5.41) is 14.2. The minimum absolute atomic E-state index is 0.129. The van der Waals surface area contributed by atoms with Crippen molar-refractivity contribution in [1.82, 2.24) is 10.6 Å². The Kier molecular flexibility index (Phi) is 6.03. The summed E-state index contributed by atoms with van der Waals surface area (Å²) in [5.74, 6) is -3.64. The molecule has 1 heterocycles. The average Bonchev–Trinajstić information content (AvgIpc) is 2.71. The van der Waals surface area contributed by atoms with Gasteiger partial charge in [-0.1, -0.05) is 24.8 Å². The largest absolute Gasteiger partial charge is 0.490 e. The van der Waals surface area contributed by atoms with E-state index in [2.05, 4.69) is 11.9 Å². The number of halogens is 4. The number of hydrogen-bond acceptors (Lipinski definition) is 4. The predicted molar refractivity (Wildman–Crippen MR) is 102 cm³/mol. The van der Waals surface area contributed by atoms with Gasteiger partial charge < -0.3 is 20.5 Å². The molecule has 3 unspecified atom stereocenters. The lowest BCUT2D eigenvalue weighted by Gasteiger charge is -2.45. The second-order valence-corrected chi connectivity index (χ2v) is 6.86. The Morgan fingerprint density at radius 3 is 2.32 bits per heavy atom. The molecular weight excluding hydrogens is 420 g/mol. The summed E-state index contributed by atoms with van der Waals surface area (Å²) >= 11 is 0. The molecule has 31 heavy (non-hydrogen) atoms. The lowest BCUT2D eigenvalue weighted by molar-refractivity contribution is -0.287. The molecule has 0 saturated carbocycles. The van der Waals surface area contributed by atoms with Crippen molar-refractivity contribution >= 4 is 11.8 Å². The third-order valence-corrected chi connectivity index (χ3v) is 4.82. The molecule has 6 nitrogen and oxygen atoms in total. The SMILES string of the molecule is C=CCOc1ccc(C2NC(=O)NC(O)(C(F)(F)F)C2C(=O)c2ccc(F)cc2)cc1. The van der Waals surface area contributed by atoms with Crippen molar-refractivity contribution in [1.29, 1.82) is 0 Å². The Morgan fingerprint density at radius 2 is 1.77 bits per heavy atom. The maximum Gasteiger partial charge on any atom is 0.437 e. The van der Waals surface area contributed by atoms with Crippen LogP contribution in [0, 0.1) is 11.7 Å². The third kappa shape index (κ3) is 4.38. The molecule has 0 radical (unpaired) electrons. The number of Topliss-reactive ketones (excluding diaryl/α,β-unsaturated/α-hetero) is 1. The molecule has 3 rings (SSSR count). The molecule has 10 heteroatoms. The number of carbonyl (C=O) groups excluding carboxylic acids is 2. The first-order chi connectivity index (χ1) is 14.6. The van der Waals surface area contributed by atoms with Crippen LogP contribution in [0.4, 0.5) is 22.4 Å². The number of rotatable bonds is 6. The van der Waals surface area contributed by atoms with Crippen molar-refractivity contribution < 1.29 is 37.0 Å². The van der Waals surface area contributed by atoms with Gasteiger partial charge in [0.25, 0.3) is 0 Å². The average molecular weight is 438 g/mol. The summed E-state index contributed by atoms with van der Waals surface area (Å²) in [6.07, 6.45) is -3.88. The van der Waals surface area contributed by atoms with E-state index in [0.717, 1.165) is 24.3 Å². The molecule has 3 N–H and O–H groups in total. The van der Waals surface area contributed by atoms with Gasteiger partial charge >= 0.3 is 12.2 Å². The number of nitrogens with one attached hydrogen (secondary N) is 2. The zero-order chi connectivity index (χ0) is 22.8. The fourth-order valence-corrected chi connectivity index (χ4v) is 3.34. The third-order valence-electron chi connectivity index (χ3n) is 4.82. The van der Waals surface area contributed by atoms with Crippen LogP contribution in [0.25, 0.3) is 0 Å². The fraction of sp³-hybridized carbons (Fsp3) is 0.238. The van der Waals surface area contributed by atoms with E-state index in [1.165, 1.54) is 35.7 Å². The predicted octanol–water partition coefficient (Wildman–Crippen LogP) is 3.49. The molecule has 1 saturated heterocycles. The number of amides is 2. The fourth-order valence-electron chi connectivity index (χ4n) is 3.34. The van der Waals surface area contributed by atoms with Crippen LogP contribution in [0.15, 0.2) is 61.2 Å². The Balaban J connectivity index is 2.07. The van der Waals surface area contributed by atoms with Crippen LogP contribution in [-0.2, 0) is 0 Å². The number of benzene rings is 2. The van der Waals surface area contributed by atoms with Crippen molar-refractivity contribution in [3.63, 3.8) is 0 Å². The van der Waals surface area contributed by atoms with Gasteiger partial charge in [-0.25, -0.2) is 9.18 Å². The Labute approximate surface area is 174 Å². The van der Waals surface area contributed by atoms with Gasteiger partial charge in [0.15, 0.2) is 5.78 Å². The number of ether oxygens (including phenoxy) is 1. The van der Waals surface area contributed by atoms with Crippen LogP contribution in [0.3, 0.4) is 0 Å². The smallest absolute Gasteiger partial charge is 0.437 e. The molecule has 0 aliphatic carbocycles. The zero-order valence-corrected chi connectivity index (χ0v) is 15.9. The van der Waals surface area contributed by atoms with Gasteiger partial charge in [0.2, 0.25) is 5.72 Å². The first-order valence-electron chi connectivity index (χ1n) is 9.08. The standard InChI is InChI=1S/C21H18F4N2O4/c1-2-11-31-15-9-5-12(6-10-15)17-16(18(28)13-3-7-14(22)8-4-13)20(30,21(23,24)25)27-19(29)26-17/h2-10,16-17,30H,1,11H2,(H2,26,27,29). The van der Waals surface area contributed by atoms with Crippen molar-refractivity contribution in [2.24, 2.45) is 5.92 Å². The second-order valence-electron chi connectivity index (χ2n) is 6.86. The van der Waals surface area contributed by atoms with Crippen molar-refractivity contribution in [3.8, 4) is 5.75 Å². The van der Waals surface area contributed by atoms with E-state index in [9.17, 15) is 32.3 Å². The maximum absolute atomic E-state index is 13.8. The van der Waals surface area contributed by atoms with Crippen molar-refractivity contribution in [3.05, 3.63) is 78.1 Å². The van der Waals surface area contributed by atoms with E-state index in [-0.39, 0.29) is 17.7 Å². The van der Waals surface area contributed by atoms with Gasteiger partial charge in [-0.2, -0.15) is 13.2 Å². The topological polar surface area (TPSA) is 87.7 Å². The molecule has 0 aromatic heterocycles. The van der Waals surface area contributed by atoms with Gasteiger partial charge in [-0.05, 0) is 42.0 Å². The van der Waals surface area contributed by atoms with Gasteiger partial charge in [0.1, 0.15) is 24.1 Å². The van der Waals surface area contributed by atoms with Crippen LogP contribution in [0.2, 0.25) is 0 Å². The first-order valence-corrected chi connectivity index (χ1v) is 9.08. The highest BCUT2D eigenvalue weighted by atomic mass is 19.4. The molecule has 3 atom stereocenters. The van der Waals surface area contributed by atoms with Gasteiger partial charge in [0.05, 0.1) is 6.04 Å². The summed E-state index contributed by atoms with van der Waals surface area (Å²) in [5.41, 5.74) is -3.99. The van der Waals surface area contributed by atoms with Gasteiger partial charge in [0, 0.05) is 5.56 Å². The van der Waals surface area contributed by atoms with E-state index < -0.39 is 41.5 Å². The van der Waals surface area contributed by atoms with Crippen LogP contribution in [0.5, 0.6) is 5.75 Å². The molecule has 2 amide bonds. The highest BCUT2D eigenvalue weighted by molar-refractivity contribution is 6.00. The zero-order valence-electron chi connectivity index (χ0n) is 15.9. The number of urea groups is 1. The van der Waals surface area contributed by atoms with Gasteiger partial charge in [-0.3, -0.25) is 4.79 Å². The van der Waals surface area contributed by atoms with E-state index in [0.29, 0.717) is 5.75 Å². The summed E-state index contributed by atoms with van der Waals surface area (Å²) < 4.78 is 60.1. The second kappa shape index (κ2) is 8.38. The molecule has 2 aromatic carbocycles. The molecule has 0 bridgehead atoms. The van der Waals surface area contributed by atoms with E-state index >= 15 is 0 Å². The molecular formula is C21H18F4N2O4. The Bertz CT molecular complexity index is 976. The summed E-state index contributed by atoms with van der Waals surface area (Å²) in [4.78, 5) is 25.1. The lowest BCUT2D eigenvalue weighted by Crippen LogP contribution is -2.72.